The van der Waals surface area contributed by atoms with Crippen LogP contribution in [0.1, 0.15) is 18.1 Å². The number of rotatable bonds is 4. The Labute approximate surface area is 117 Å². The molecule has 0 bridgehead atoms. The predicted molar refractivity (Wildman–Crippen MR) is 76.9 cm³/mol. The highest BCUT2D eigenvalue weighted by atomic mass is 32.2. The second-order valence-corrected chi connectivity index (χ2v) is 5.77. The molecule has 1 heterocycles. The van der Waals surface area contributed by atoms with Crippen molar-refractivity contribution in [3.8, 4) is 0 Å². The Bertz CT molecular complexity index is 570. The molecule has 1 atom stereocenters. The maximum atomic E-state index is 13.1. The van der Waals surface area contributed by atoms with Gasteiger partial charge in [-0.05, 0) is 49.6 Å². The van der Waals surface area contributed by atoms with Gasteiger partial charge in [0.15, 0.2) is 0 Å². The first-order chi connectivity index (χ1) is 9.04. The topological polar surface area (TPSA) is 38.9 Å². The molecule has 100 valence electrons. The van der Waals surface area contributed by atoms with E-state index < -0.39 is 0 Å². The SMILES string of the molecule is Cc1cc(CC(C)N)cnc1Sc1cccc(F)c1. The first-order valence-corrected chi connectivity index (χ1v) is 7.01. The predicted octanol–water partition coefficient (Wildman–Crippen LogP) is 3.57. The average molecular weight is 276 g/mol. The van der Waals surface area contributed by atoms with Crippen molar-refractivity contribution >= 4 is 11.8 Å². The van der Waals surface area contributed by atoms with Gasteiger partial charge in [0.05, 0.1) is 0 Å². The van der Waals surface area contributed by atoms with Gasteiger partial charge >= 0.3 is 0 Å². The van der Waals surface area contributed by atoms with Crippen LogP contribution in [0.4, 0.5) is 4.39 Å². The lowest BCUT2D eigenvalue weighted by Gasteiger charge is -2.09. The fourth-order valence-electron chi connectivity index (χ4n) is 1.85. The zero-order valence-electron chi connectivity index (χ0n) is 11.1. The zero-order chi connectivity index (χ0) is 13.8. The second kappa shape index (κ2) is 6.17. The highest BCUT2D eigenvalue weighted by Crippen LogP contribution is 2.29. The van der Waals surface area contributed by atoms with Crippen LogP contribution in [0.5, 0.6) is 0 Å². The number of nitrogens with zero attached hydrogens (tertiary/aromatic N) is 1. The molecule has 0 fully saturated rings. The maximum Gasteiger partial charge on any atom is 0.124 e. The number of hydrogen-bond donors (Lipinski definition) is 1. The summed E-state index contributed by atoms with van der Waals surface area (Å²) in [4.78, 5) is 5.30. The number of nitrogens with two attached hydrogens (primary N) is 1. The summed E-state index contributed by atoms with van der Waals surface area (Å²) in [6.07, 6.45) is 2.66. The summed E-state index contributed by atoms with van der Waals surface area (Å²) >= 11 is 1.47. The number of halogens is 1. The number of hydrogen-bond acceptors (Lipinski definition) is 3. The van der Waals surface area contributed by atoms with Gasteiger partial charge in [-0.3, -0.25) is 0 Å². The molecular weight excluding hydrogens is 259 g/mol. The maximum absolute atomic E-state index is 13.1. The number of aryl methyl sites for hydroxylation is 1. The molecule has 1 aromatic heterocycles. The van der Waals surface area contributed by atoms with Gasteiger partial charge in [-0.2, -0.15) is 0 Å². The van der Waals surface area contributed by atoms with E-state index in [1.165, 1.54) is 23.9 Å². The molecular formula is C15H17FN2S. The minimum absolute atomic E-state index is 0.128. The quantitative estimate of drug-likeness (QED) is 0.928. The Morgan fingerprint density at radius 2 is 2.16 bits per heavy atom. The summed E-state index contributed by atoms with van der Waals surface area (Å²) in [7, 11) is 0. The van der Waals surface area contributed by atoms with Crippen molar-refractivity contribution in [3.63, 3.8) is 0 Å². The second-order valence-electron chi connectivity index (χ2n) is 4.71. The van der Waals surface area contributed by atoms with Crippen LogP contribution < -0.4 is 5.73 Å². The first-order valence-electron chi connectivity index (χ1n) is 6.19. The van der Waals surface area contributed by atoms with Gasteiger partial charge in [0.25, 0.3) is 0 Å². The largest absolute Gasteiger partial charge is 0.328 e. The third-order valence-corrected chi connectivity index (χ3v) is 3.77. The van der Waals surface area contributed by atoms with Crippen LogP contribution in [0.2, 0.25) is 0 Å². The summed E-state index contributed by atoms with van der Waals surface area (Å²) in [5.74, 6) is -0.226. The molecule has 1 aromatic carbocycles. The molecule has 0 aliphatic heterocycles. The molecule has 0 amide bonds. The molecule has 0 saturated carbocycles. The average Bonchev–Trinajstić information content (AvgIpc) is 2.32. The van der Waals surface area contributed by atoms with Crippen LogP contribution in [-0.2, 0) is 6.42 Å². The highest BCUT2D eigenvalue weighted by molar-refractivity contribution is 7.99. The van der Waals surface area contributed by atoms with E-state index in [1.807, 2.05) is 26.1 Å². The minimum Gasteiger partial charge on any atom is -0.328 e. The Kier molecular flexibility index (Phi) is 4.56. The Morgan fingerprint density at radius 1 is 1.37 bits per heavy atom. The van der Waals surface area contributed by atoms with Crippen molar-refractivity contribution in [2.24, 2.45) is 5.73 Å². The Morgan fingerprint density at radius 3 is 2.79 bits per heavy atom. The molecule has 2 nitrogen and oxygen atoms in total. The van der Waals surface area contributed by atoms with Gasteiger partial charge in [0, 0.05) is 17.1 Å². The molecule has 0 spiro atoms. The lowest BCUT2D eigenvalue weighted by molar-refractivity contribution is 0.624. The van der Waals surface area contributed by atoms with E-state index in [9.17, 15) is 4.39 Å². The number of pyridine rings is 1. The summed E-state index contributed by atoms with van der Waals surface area (Å²) in [6, 6.07) is 8.76. The smallest absolute Gasteiger partial charge is 0.124 e. The molecule has 2 rings (SSSR count). The van der Waals surface area contributed by atoms with Gasteiger partial charge in [-0.15, -0.1) is 0 Å². The molecule has 0 radical (unpaired) electrons. The molecule has 19 heavy (non-hydrogen) atoms. The molecule has 0 saturated heterocycles. The van der Waals surface area contributed by atoms with Crippen molar-refractivity contribution in [1.29, 1.82) is 0 Å². The zero-order valence-corrected chi connectivity index (χ0v) is 11.9. The van der Waals surface area contributed by atoms with E-state index in [1.54, 1.807) is 6.07 Å². The van der Waals surface area contributed by atoms with Crippen LogP contribution in [-0.4, -0.2) is 11.0 Å². The molecule has 2 N–H and O–H groups in total. The minimum atomic E-state index is -0.226. The van der Waals surface area contributed by atoms with E-state index >= 15 is 0 Å². The van der Waals surface area contributed by atoms with Crippen LogP contribution in [0.3, 0.4) is 0 Å². The van der Waals surface area contributed by atoms with Crippen molar-refractivity contribution in [2.75, 3.05) is 0 Å². The van der Waals surface area contributed by atoms with Gasteiger partial charge in [0.2, 0.25) is 0 Å². The fourth-order valence-corrected chi connectivity index (χ4v) is 2.72. The Hall–Kier alpha value is -1.39. The lowest BCUT2D eigenvalue weighted by Crippen LogP contribution is -2.17. The van der Waals surface area contributed by atoms with E-state index in [-0.39, 0.29) is 11.9 Å². The van der Waals surface area contributed by atoms with Crippen LogP contribution in [0, 0.1) is 12.7 Å². The van der Waals surface area contributed by atoms with Crippen LogP contribution in [0.15, 0.2) is 46.5 Å². The summed E-state index contributed by atoms with van der Waals surface area (Å²) in [5.41, 5.74) is 8.00. The van der Waals surface area contributed by atoms with Crippen molar-refractivity contribution in [3.05, 3.63) is 53.5 Å². The third kappa shape index (κ3) is 4.04. The summed E-state index contributed by atoms with van der Waals surface area (Å²) < 4.78 is 13.1. The molecule has 0 aliphatic rings. The van der Waals surface area contributed by atoms with Gasteiger partial charge in [-0.1, -0.05) is 23.9 Å². The molecule has 4 heteroatoms. The standard InChI is InChI=1S/C15H17FN2S/c1-10-6-12(7-11(2)17)9-18-15(10)19-14-5-3-4-13(16)8-14/h3-6,8-9,11H,7,17H2,1-2H3. The molecule has 0 aliphatic carbocycles. The third-order valence-electron chi connectivity index (χ3n) is 2.66. The van der Waals surface area contributed by atoms with Crippen molar-refractivity contribution in [1.82, 2.24) is 4.98 Å². The number of benzene rings is 1. The molecule has 1 unspecified atom stereocenters. The van der Waals surface area contributed by atoms with Gasteiger partial charge in [-0.25, -0.2) is 9.37 Å². The monoisotopic (exact) mass is 276 g/mol. The van der Waals surface area contributed by atoms with E-state index in [2.05, 4.69) is 11.1 Å². The van der Waals surface area contributed by atoms with Crippen LogP contribution in [0.25, 0.3) is 0 Å². The van der Waals surface area contributed by atoms with Crippen molar-refractivity contribution in [2.45, 2.75) is 36.2 Å². The fraction of sp³-hybridized carbons (Fsp3) is 0.267. The van der Waals surface area contributed by atoms with Gasteiger partial charge in [0.1, 0.15) is 10.8 Å². The summed E-state index contributed by atoms with van der Waals surface area (Å²) in [5, 5.41) is 0.902. The lowest BCUT2D eigenvalue weighted by atomic mass is 10.1. The molecule has 2 aromatic rings. The normalized spacial score (nSPS) is 12.4. The summed E-state index contributed by atoms with van der Waals surface area (Å²) in [6.45, 7) is 3.99. The van der Waals surface area contributed by atoms with E-state index in [0.717, 1.165) is 27.5 Å². The van der Waals surface area contributed by atoms with Gasteiger partial charge < -0.3 is 5.73 Å². The van der Waals surface area contributed by atoms with E-state index in [0.29, 0.717) is 0 Å². The van der Waals surface area contributed by atoms with Crippen LogP contribution >= 0.6 is 11.8 Å². The Balaban J connectivity index is 2.17. The van der Waals surface area contributed by atoms with Crippen molar-refractivity contribution < 1.29 is 4.39 Å². The van der Waals surface area contributed by atoms with E-state index in [4.69, 9.17) is 5.73 Å². The highest BCUT2D eigenvalue weighted by Gasteiger charge is 2.06. The first kappa shape index (κ1) is 14.0. The number of aromatic nitrogens is 1.